The lowest BCUT2D eigenvalue weighted by molar-refractivity contribution is -0.147. The molecule has 0 aromatic rings. The quantitative estimate of drug-likeness (QED) is 0.0703. The summed E-state index contributed by atoms with van der Waals surface area (Å²) in [6.45, 7) is 1.56. The number of hydrogen-bond donors (Lipinski definition) is 10. The van der Waals surface area contributed by atoms with Gasteiger partial charge in [0.25, 0.3) is 0 Å². The van der Waals surface area contributed by atoms with Gasteiger partial charge < -0.3 is 41.4 Å². The van der Waals surface area contributed by atoms with Crippen LogP contribution in [-0.4, -0.2) is 124 Å². The van der Waals surface area contributed by atoms with Gasteiger partial charge in [-0.25, -0.2) is 9.59 Å². The van der Waals surface area contributed by atoms with Gasteiger partial charge >= 0.3 is 11.9 Å². The van der Waals surface area contributed by atoms with Gasteiger partial charge in [0.2, 0.25) is 0 Å². The fourth-order valence-electron chi connectivity index (χ4n) is 1.80. The highest BCUT2D eigenvalue weighted by Gasteiger charge is 2.18. The molecule has 0 aromatic heterocycles. The number of hydrogen-bond acceptors (Lipinski definition) is 14. The lowest BCUT2D eigenvalue weighted by atomic mass is 10.4. The molecule has 180 valence electrons. The highest BCUT2D eigenvalue weighted by Crippen LogP contribution is 1.86. The molecule has 0 unspecified atom stereocenters. The Hall–Kier alpha value is -1.46. The third kappa shape index (κ3) is 18.6. The number of esters is 2. The first-order chi connectivity index (χ1) is 14.5. The zero-order chi connectivity index (χ0) is 23.0. The summed E-state index contributed by atoms with van der Waals surface area (Å²) >= 11 is 0. The van der Waals surface area contributed by atoms with Crippen LogP contribution in [0.3, 0.4) is 0 Å². The summed E-state index contributed by atoms with van der Waals surface area (Å²) in [6.07, 6.45) is -1.45. The van der Waals surface area contributed by atoms with Crippen LogP contribution >= 0.6 is 0 Å². The van der Waals surface area contributed by atoms with Crippen LogP contribution < -0.4 is 32.7 Å². The average molecular weight is 443 g/mol. The fraction of sp³-hybridized carbons (Fsp3) is 0.875. The van der Waals surface area contributed by atoms with Crippen molar-refractivity contribution in [3.05, 3.63) is 0 Å². The molecule has 14 heteroatoms. The molecule has 0 aromatic carbocycles. The minimum Gasteiger partial charge on any atom is -0.462 e. The molecular weight excluding hydrogens is 404 g/mol. The summed E-state index contributed by atoms with van der Waals surface area (Å²) in [5, 5.41) is 45.2. The second kappa shape index (κ2) is 23.8. The fourth-order valence-corrected chi connectivity index (χ4v) is 1.80. The maximum absolute atomic E-state index is 11.3. The van der Waals surface area contributed by atoms with Crippen molar-refractivity contribution in [2.75, 3.05) is 78.9 Å². The van der Waals surface area contributed by atoms with E-state index in [9.17, 15) is 9.59 Å². The van der Waals surface area contributed by atoms with Crippen molar-refractivity contribution in [2.24, 2.45) is 11.5 Å². The summed E-state index contributed by atoms with van der Waals surface area (Å²) in [6, 6.07) is 0. The smallest absolute Gasteiger partial charge is 0.338 e. The van der Waals surface area contributed by atoms with E-state index in [4.69, 9.17) is 41.4 Å². The monoisotopic (exact) mass is 442 g/mol. The van der Waals surface area contributed by atoms with E-state index in [0.29, 0.717) is 0 Å². The van der Waals surface area contributed by atoms with E-state index in [-0.39, 0.29) is 78.9 Å². The minimum absolute atomic E-state index is 0.0819. The molecule has 0 saturated carbocycles. The molecule has 0 aliphatic rings. The van der Waals surface area contributed by atoms with Crippen molar-refractivity contribution in [2.45, 2.75) is 12.3 Å². The van der Waals surface area contributed by atoms with E-state index in [1.54, 1.807) is 0 Å². The van der Waals surface area contributed by atoms with E-state index >= 15 is 0 Å². The van der Waals surface area contributed by atoms with Crippen LogP contribution in [0.25, 0.3) is 0 Å². The topological polar surface area (TPSA) is 234 Å². The van der Waals surface area contributed by atoms with E-state index in [1.165, 1.54) is 0 Å². The molecule has 0 amide bonds. The summed E-state index contributed by atoms with van der Waals surface area (Å²) in [4.78, 5) is 22.7. The van der Waals surface area contributed by atoms with Gasteiger partial charge in [-0.2, -0.15) is 0 Å². The second-order valence-electron chi connectivity index (χ2n) is 5.49. The summed E-state index contributed by atoms with van der Waals surface area (Å²) < 4.78 is 9.59. The molecule has 0 spiro atoms. The Labute approximate surface area is 176 Å². The van der Waals surface area contributed by atoms with Gasteiger partial charge in [-0.3, -0.25) is 21.3 Å². The molecule has 0 saturated heterocycles. The molecule has 0 heterocycles. The molecule has 0 fully saturated rings. The molecule has 12 N–H and O–H groups in total. The molecule has 0 atom stereocenters. The number of nitrogens with two attached hydrogens (primary N) is 2. The Kier molecular flexibility index (Phi) is 24.4. The number of nitrogens with one attached hydrogen (secondary N) is 4. The van der Waals surface area contributed by atoms with E-state index < -0.39 is 24.3 Å². The predicted molar refractivity (Wildman–Crippen MR) is 108 cm³/mol. The summed E-state index contributed by atoms with van der Waals surface area (Å²) in [5.74, 6) is -0.996. The number of aliphatic hydroxyl groups excluding tert-OH is 4. The van der Waals surface area contributed by atoms with E-state index in [2.05, 4.69) is 21.3 Å². The summed E-state index contributed by atoms with van der Waals surface area (Å²) in [7, 11) is 0. The molecule has 0 aliphatic carbocycles. The highest BCUT2D eigenvalue weighted by molar-refractivity contribution is 5.75. The van der Waals surface area contributed by atoms with Crippen LogP contribution in [0.15, 0.2) is 0 Å². The van der Waals surface area contributed by atoms with Crippen molar-refractivity contribution < 1.29 is 39.5 Å². The molecule has 0 bridgehead atoms. The molecule has 0 radical (unpaired) electrons. The molecule has 0 rings (SSSR count). The number of carbonyl (C=O) groups excluding carboxylic acids is 2. The normalized spacial score (nSPS) is 10.7. The third-order valence-electron chi connectivity index (χ3n) is 3.04. The number of ether oxygens (including phenoxy) is 2. The van der Waals surface area contributed by atoms with Crippen molar-refractivity contribution in [3.8, 4) is 0 Å². The average Bonchev–Trinajstić information content (AvgIpc) is 2.76. The van der Waals surface area contributed by atoms with Crippen molar-refractivity contribution >= 4 is 11.9 Å². The van der Waals surface area contributed by atoms with Crippen molar-refractivity contribution in [1.29, 1.82) is 0 Å². The molecule has 14 nitrogen and oxygen atoms in total. The van der Waals surface area contributed by atoms with Gasteiger partial charge in [0, 0.05) is 39.3 Å². The van der Waals surface area contributed by atoms with Crippen molar-refractivity contribution in [1.82, 2.24) is 21.3 Å². The second-order valence-corrected chi connectivity index (χ2v) is 5.49. The Bertz CT molecular complexity index is 356. The van der Waals surface area contributed by atoms with Gasteiger partial charge in [-0.05, 0) is 0 Å². The zero-order valence-corrected chi connectivity index (χ0v) is 17.2. The maximum atomic E-state index is 11.3. The first-order valence-corrected chi connectivity index (χ1v) is 9.62. The van der Waals surface area contributed by atoms with Gasteiger partial charge in [0.1, 0.15) is 13.2 Å². The molecule has 30 heavy (non-hydrogen) atoms. The van der Waals surface area contributed by atoms with Crippen molar-refractivity contribution in [3.63, 3.8) is 0 Å². The Morgan fingerprint density at radius 3 is 1.10 bits per heavy atom. The van der Waals surface area contributed by atoms with Crippen LogP contribution in [0.1, 0.15) is 0 Å². The van der Waals surface area contributed by atoms with E-state index in [1.807, 2.05) is 0 Å². The lowest BCUT2D eigenvalue weighted by Gasteiger charge is -2.17. The van der Waals surface area contributed by atoms with E-state index in [0.717, 1.165) is 0 Å². The maximum Gasteiger partial charge on any atom is 0.338 e. The zero-order valence-electron chi connectivity index (χ0n) is 17.2. The number of rotatable bonds is 18. The van der Waals surface area contributed by atoms with Crippen LogP contribution in [0.2, 0.25) is 0 Å². The van der Waals surface area contributed by atoms with Crippen LogP contribution in [0, 0.1) is 0 Å². The SMILES string of the molecule is NCCOC(=O)C(NCCO)NCCO.NCCOC(=O)C(NCCO)NCCO. The number of carbonyl (C=O) groups is 2. The first-order valence-electron chi connectivity index (χ1n) is 9.62. The molecular formula is C16H38N6O8. The van der Waals surface area contributed by atoms with Gasteiger partial charge in [-0.1, -0.05) is 0 Å². The Morgan fingerprint density at radius 1 is 0.633 bits per heavy atom. The third-order valence-corrected chi connectivity index (χ3v) is 3.04. The van der Waals surface area contributed by atoms with Gasteiger partial charge in [0.15, 0.2) is 12.3 Å². The standard InChI is InChI=1S/2C8H19N3O4/c2*9-1-6-15-8(14)7(10-2-4-12)11-3-5-13/h2*7,10-13H,1-6,9H2. The highest BCUT2D eigenvalue weighted by atomic mass is 16.5. The number of aliphatic hydroxyl groups is 4. The predicted octanol–water partition coefficient (Wildman–Crippen LogP) is -6.04. The Balaban J connectivity index is 0. The summed E-state index contributed by atoms with van der Waals surface area (Å²) in [5.41, 5.74) is 10.4. The van der Waals surface area contributed by atoms with Gasteiger partial charge in [-0.15, -0.1) is 0 Å². The van der Waals surface area contributed by atoms with Crippen LogP contribution in [0.5, 0.6) is 0 Å². The Morgan fingerprint density at radius 2 is 0.900 bits per heavy atom. The minimum atomic E-state index is -0.726. The lowest BCUT2D eigenvalue weighted by Crippen LogP contribution is -2.51. The van der Waals surface area contributed by atoms with Crippen LogP contribution in [-0.2, 0) is 19.1 Å². The van der Waals surface area contributed by atoms with Gasteiger partial charge in [0.05, 0.1) is 26.4 Å². The first kappa shape index (κ1) is 30.7. The molecule has 0 aliphatic heterocycles. The van der Waals surface area contributed by atoms with Crippen LogP contribution in [0.4, 0.5) is 0 Å². The largest absolute Gasteiger partial charge is 0.462 e.